The van der Waals surface area contributed by atoms with Crippen molar-refractivity contribution in [3.05, 3.63) is 23.5 Å². The molecule has 3 aliphatic rings. The summed E-state index contributed by atoms with van der Waals surface area (Å²) in [6.45, 7) is 2.00. The molecule has 0 unspecified atom stereocenters. The van der Waals surface area contributed by atoms with Crippen LogP contribution in [0, 0.1) is 5.92 Å². The standard InChI is InChI=1S/C19H22N8O3/c1-9(10-2-3-10)21-18(29)25-14-7-15(22-12-4-5-12)27-16(24-14)11(8-20-27)6-13-17(28)26-19(30)23-13/h6-10,12,22H,2-5H2,1H3,(H2,21,24,25,29)(H2,23,26,28,30)/b13-6-/t9-/m1/s1. The molecule has 1 aliphatic heterocycles. The Bertz CT molecular complexity index is 1080. The van der Waals surface area contributed by atoms with Crippen molar-refractivity contribution in [3.63, 3.8) is 0 Å². The molecular weight excluding hydrogens is 388 g/mol. The summed E-state index contributed by atoms with van der Waals surface area (Å²) in [5, 5.41) is 18.1. The number of rotatable bonds is 6. The number of hydrogen-bond donors (Lipinski definition) is 5. The van der Waals surface area contributed by atoms with Crippen LogP contribution in [0.15, 0.2) is 18.0 Å². The van der Waals surface area contributed by atoms with Crippen LogP contribution in [0.3, 0.4) is 0 Å². The lowest BCUT2D eigenvalue weighted by Gasteiger charge is -2.14. The molecule has 1 saturated heterocycles. The molecular formula is C19H22N8O3. The predicted molar refractivity (Wildman–Crippen MR) is 109 cm³/mol. The van der Waals surface area contributed by atoms with Crippen LogP contribution in [-0.2, 0) is 4.79 Å². The lowest BCUT2D eigenvalue weighted by molar-refractivity contribution is -0.115. The molecule has 3 heterocycles. The summed E-state index contributed by atoms with van der Waals surface area (Å²) in [5.41, 5.74) is 1.10. The second-order valence-electron chi connectivity index (χ2n) is 7.97. The Balaban J connectivity index is 1.46. The summed E-state index contributed by atoms with van der Waals surface area (Å²) in [5.74, 6) is 1.08. The van der Waals surface area contributed by atoms with Crippen molar-refractivity contribution >= 4 is 41.3 Å². The third kappa shape index (κ3) is 3.78. The number of carbonyl (C=O) groups excluding carboxylic acids is 3. The van der Waals surface area contributed by atoms with Gasteiger partial charge in [0.2, 0.25) is 0 Å². The van der Waals surface area contributed by atoms with Crippen LogP contribution < -0.4 is 26.6 Å². The highest BCUT2D eigenvalue weighted by molar-refractivity contribution is 6.14. The van der Waals surface area contributed by atoms with Crippen molar-refractivity contribution < 1.29 is 14.4 Å². The molecule has 2 aromatic heterocycles. The maximum Gasteiger partial charge on any atom is 0.326 e. The number of amides is 5. The Morgan fingerprint density at radius 1 is 1.27 bits per heavy atom. The van der Waals surface area contributed by atoms with E-state index in [1.165, 1.54) is 6.08 Å². The molecule has 2 aromatic rings. The Morgan fingerprint density at radius 2 is 2.07 bits per heavy atom. The van der Waals surface area contributed by atoms with E-state index in [2.05, 4.69) is 36.7 Å². The summed E-state index contributed by atoms with van der Waals surface area (Å²) in [4.78, 5) is 40.1. The van der Waals surface area contributed by atoms with Crippen LogP contribution in [0.1, 0.15) is 38.2 Å². The largest absolute Gasteiger partial charge is 0.367 e. The molecule has 156 valence electrons. The van der Waals surface area contributed by atoms with E-state index in [1.807, 2.05) is 6.92 Å². The number of hydrogen-bond acceptors (Lipinski definition) is 6. The van der Waals surface area contributed by atoms with Crippen molar-refractivity contribution in [3.8, 4) is 0 Å². The van der Waals surface area contributed by atoms with Gasteiger partial charge in [0.15, 0.2) is 5.65 Å². The SMILES string of the molecule is C[C@@H](NC(=O)Nc1cc(NC2CC2)n2ncc(/C=C3\NC(=O)NC3=O)c2n1)C1CC1. The fourth-order valence-corrected chi connectivity index (χ4v) is 3.40. The van der Waals surface area contributed by atoms with Crippen molar-refractivity contribution in [2.24, 2.45) is 5.92 Å². The number of imide groups is 1. The third-order valence-electron chi connectivity index (χ3n) is 5.38. The number of urea groups is 2. The van der Waals surface area contributed by atoms with E-state index in [4.69, 9.17) is 0 Å². The fraction of sp³-hybridized carbons (Fsp3) is 0.421. The number of aromatic nitrogens is 3. The fourth-order valence-electron chi connectivity index (χ4n) is 3.40. The zero-order valence-corrected chi connectivity index (χ0v) is 16.4. The van der Waals surface area contributed by atoms with Crippen LogP contribution in [0.25, 0.3) is 11.7 Å². The zero-order valence-electron chi connectivity index (χ0n) is 16.4. The van der Waals surface area contributed by atoms with Crippen LogP contribution in [-0.4, -0.2) is 44.7 Å². The first kappa shape index (κ1) is 18.4. The summed E-state index contributed by atoms with van der Waals surface area (Å²) >= 11 is 0. The van der Waals surface area contributed by atoms with Crippen LogP contribution in [0.2, 0.25) is 0 Å². The molecule has 0 radical (unpaired) electrons. The normalized spacial score (nSPS) is 20.8. The van der Waals surface area contributed by atoms with Crippen molar-refractivity contribution in [2.75, 3.05) is 10.6 Å². The first-order valence-electron chi connectivity index (χ1n) is 10.0. The highest BCUT2D eigenvalue weighted by Crippen LogP contribution is 2.32. The molecule has 0 aromatic carbocycles. The van der Waals surface area contributed by atoms with Gasteiger partial charge < -0.3 is 16.0 Å². The van der Waals surface area contributed by atoms with E-state index < -0.39 is 11.9 Å². The Labute approximate surface area is 171 Å². The molecule has 11 heteroatoms. The second-order valence-corrected chi connectivity index (χ2v) is 7.97. The minimum Gasteiger partial charge on any atom is -0.367 e. The molecule has 5 amide bonds. The van der Waals surface area contributed by atoms with E-state index in [1.54, 1.807) is 16.8 Å². The quantitative estimate of drug-likeness (QED) is 0.360. The number of carbonyl (C=O) groups is 3. The minimum atomic E-state index is -0.574. The zero-order chi connectivity index (χ0) is 20.8. The van der Waals surface area contributed by atoms with Gasteiger partial charge >= 0.3 is 12.1 Å². The van der Waals surface area contributed by atoms with Gasteiger partial charge in [-0.2, -0.15) is 9.61 Å². The van der Waals surface area contributed by atoms with Gasteiger partial charge in [-0.1, -0.05) is 0 Å². The molecule has 5 N–H and O–H groups in total. The maximum absolute atomic E-state index is 12.4. The Hall–Kier alpha value is -3.63. The number of anilines is 2. The lowest BCUT2D eigenvalue weighted by atomic mass is 10.2. The molecule has 2 aliphatic carbocycles. The van der Waals surface area contributed by atoms with Crippen molar-refractivity contribution in [1.29, 1.82) is 0 Å². The average molecular weight is 410 g/mol. The van der Waals surface area contributed by atoms with Crippen LogP contribution in [0.5, 0.6) is 0 Å². The van der Waals surface area contributed by atoms with Gasteiger partial charge in [0, 0.05) is 23.7 Å². The van der Waals surface area contributed by atoms with Gasteiger partial charge in [-0.05, 0) is 44.6 Å². The highest BCUT2D eigenvalue weighted by Gasteiger charge is 2.29. The van der Waals surface area contributed by atoms with E-state index in [0.29, 0.717) is 34.8 Å². The molecule has 2 saturated carbocycles. The van der Waals surface area contributed by atoms with E-state index in [-0.39, 0.29) is 17.8 Å². The van der Waals surface area contributed by atoms with Gasteiger partial charge in [-0.15, -0.1) is 0 Å². The molecule has 3 fully saturated rings. The predicted octanol–water partition coefficient (Wildman–Crippen LogP) is 1.40. The monoisotopic (exact) mass is 410 g/mol. The third-order valence-corrected chi connectivity index (χ3v) is 5.38. The summed E-state index contributed by atoms with van der Waals surface area (Å²) in [6, 6.07) is 1.32. The Kier molecular flexibility index (Phi) is 4.30. The lowest BCUT2D eigenvalue weighted by Crippen LogP contribution is -2.37. The van der Waals surface area contributed by atoms with Crippen LogP contribution >= 0.6 is 0 Å². The van der Waals surface area contributed by atoms with Gasteiger partial charge in [-0.25, -0.2) is 14.6 Å². The van der Waals surface area contributed by atoms with Gasteiger partial charge in [0.05, 0.1) is 6.20 Å². The van der Waals surface area contributed by atoms with Crippen LogP contribution in [0.4, 0.5) is 21.2 Å². The highest BCUT2D eigenvalue weighted by atomic mass is 16.2. The van der Waals surface area contributed by atoms with Gasteiger partial charge in [0.1, 0.15) is 17.3 Å². The summed E-state index contributed by atoms with van der Waals surface area (Å²) in [6.07, 6.45) is 7.48. The second kappa shape index (κ2) is 7.01. The summed E-state index contributed by atoms with van der Waals surface area (Å²) in [7, 11) is 0. The first-order chi connectivity index (χ1) is 14.5. The van der Waals surface area contributed by atoms with E-state index in [9.17, 15) is 14.4 Å². The molecule has 1 atom stereocenters. The number of nitrogens with zero attached hydrogens (tertiary/aromatic N) is 3. The molecule has 0 bridgehead atoms. The minimum absolute atomic E-state index is 0.109. The molecule has 11 nitrogen and oxygen atoms in total. The topological polar surface area (TPSA) is 142 Å². The average Bonchev–Trinajstić information content (AvgIpc) is 3.60. The van der Waals surface area contributed by atoms with Gasteiger partial charge in [-0.3, -0.25) is 15.4 Å². The Morgan fingerprint density at radius 3 is 2.73 bits per heavy atom. The summed E-state index contributed by atoms with van der Waals surface area (Å²) < 4.78 is 1.62. The van der Waals surface area contributed by atoms with Crippen molar-refractivity contribution in [1.82, 2.24) is 30.5 Å². The van der Waals surface area contributed by atoms with E-state index >= 15 is 0 Å². The molecule has 5 rings (SSSR count). The van der Waals surface area contributed by atoms with Crippen molar-refractivity contribution in [2.45, 2.75) is 44.7 Å². The smallest absolute Gasteiger partial charge is 0.326 e. The van der Waals surface area contributed by atoms with Gasteiger partial charge in [0.25, 0.3) is 5.91 Å². The maximum atomic E-state index is 12.4. The number of nitrogens with one attached hydrogen (secondary N) is 5. The van der Waals surface area contributed by atoms with E-state index in [0.717, 1.165) is 25.7 Å². The molecule has 30 heavy (non-hydrogen) atoms. The molecule has 0 spiro atoms. The first-order valence-corrected chi connectivity index (χ1v) is 10.0. The number of fused-ring (bicyclic) bond motifs is 1.